The molecule has 0 bridgehead atoms. The van der Waals surface area contributed by atoms with Crippen LogP contribution in [0.1, 0.15) is 17.3 Å². The zero-order valence-electron chi connectivity index (χ0n) is 8.20. The first-order valence-electron chi connectivity index (χ1n) is 4.67. The predicted molar refractivity (Wildman–Crippen MR) is 58.6 cm³/mol. The molecule has 1 unspecified atom stereocenters. The normalized spacial score (nSPS) is 12.4. The standard InChI is InChI=1S/C12H8ClF2N/c13-9-3-1-8(2-4-9)12(15)10-5-6-16-7-11(10)14/h1-7,12H. The first kappa shape index (κ1) is 11.0. The molecule has 1 atom stereocenters. The van der Waals surface area contributed by atoms with Crippen molar-refractivity contribution in [3.8, 4) is 0 Å². The average molecular weight is 240 g/mol. The zero-order valence-corrected chi connectivity index (χ0v) is 8.96. The van der Waals surface area contributed by atoms with E-state index in [0.717, 1.165) is 6.20 Å². The van der Waals surface area contributed by atoms with Gasteiger partial charge >= 0.3 is 0 Å². The number of alkyl halides is 1. The Morgan fingerprint density at radius 1 is 1.12 bits per heavy atom. The average Bonchev–Trinajstić information content (AvgIpc) is 2.30. The number of benzene rings is 1. The summed E-state index contributed by atoms with van der Waals surface area (Å²) in [7, 11) is 0. The van der Waals surface area contributed by atoms with Gasteiger partial charge in [-0.2, -0.15) is 0 Å². The van der Waals surface area contributed by atoms with E-state index in [1.807, 2.05) is 0 Å². The van der Waals surface area contributed by atoms with Gasteiger partial charge in [0, 0.05) is 16.8 Å². The topological polar surface area (TPSA) is 12.9 Å². The molecule has 0 aliphatic carbocycles. The first-order valence-corrected chi connectivity index (χ1v) is 5.05. The van der Waals surface area contributed by atoms with Crippen LogP contribution in [0.15, 0.2) is 42.7 Å². The molecular formula is C12H8ClF2N. The predicted octanol–water partition coefficient (Wildman–Crippen LogP) is 3.93. The third kappa shape index (κ3) is 2.19. The van der Waals surface area contributed by atoms with E-state index >= 15 is 0 Å². The minimum absolute atomic E-state index is 0.0164. The fourth-order valence-electron chi connectivity index (χ4n) is 1.40. The van der Waals surface area contributed by atoms with E-state index in [0.29, 0.717) is 10.6 Å². The lowest BCUT2D eigenvalue weighted by Crippen LogP contribution is -1.98. The maximum absolute atomic E-state index is 13.9. The second kappa shape index (κ2) is 4.58. The van der Waals surface area contributed by atoms with Gasteiger partial charge in [0.25, 0.3) is 0 Å². The van der Waals surface area contributed by atoms with Gasteiger partial charge in [0.2, 0.25) is 0 Å². The van der Waals surface area contributed by atoms with Crippen LogP contribution in [0, 0.1) is 5.82 Å². The molecule has 4 heteroatoms. The number of pyridine rings is 1. The highest BCUT2D eigenvalue weighted by molar-refractivity contribution is 6.30. The van der Waals surface area contributed by atoms with Crippen molar-refractivity contribution in [1.82, 2.24) is 4.98 Å². The van der Waals surface area contributed by atoms with Crippen LogP contribution in [-0.4, -0.2) is 4.98 Å². The summed E-state index contributed by atoms with van der Waals surface area (Å²) in [5, 5.41) is 0.520. The Kier molecular flexibility index (Phi) is 3.15. The Balaban J connectivity index is 2.35. The number of nitrogens with zero attached hydrogens (tertiary/aromatic N) is 1. The van der Waals surface area contributed by atoms with Gasteiger partial charge in [-0.25, -0.2) is 8.78 Å². The molecule has 16 heavy (non-hydrogen) atoms. The molecule has 1 nitrogen and oxygen atoms in total. The Hall–Kier alpha value is -1.48. The Morgan fingerprint density at radius 3 is 2.44 bits per heavy atom. The van der Waals surface area contributed by atoms with E-state index in [9.17, 15) is 8.78 Å². The molecule has 0 saturated heterocycles. The van der Waals surface area contributed by atoms with Crippen LogP contribution in [0.5, 0.6) is 0 Å². The molecule has 1 aromatic heterocycles. The van der Waals surface area contributed by atoms with Crippen molar-refractivity contribution in [3.05, 3.63) is 64.7 Å². The van der Waals surface area contributed by atoms with Crippen molar-refractivity contribution in [1.29, 1.82) is 0 Å². The zero-order chi connectivity index (χ0) is 11.5. The summed E-state index contributed by atoms with van der Waals surface area (Å²) in [4.78, 5) is 3.57. The third-order valence-corrected chi connectivity index (χ3v) is 2.49. The second-order valence-corrected chi connectivity index (χ2v) is 3.75. The summed E-state index contributed by atoms with van der Waals surface area (Å²) in [6, 6.07) is 7.54. The third-order valence-electron chi connectivity index (χ3n) is 2.24. The van der Waals surface area contributed by atoms with Crippen molar-refractivity contribution >= 4 is 11.6 Å². The lowest BCUT2D eigenvalue weighted by atomic mass is 10.0. The van der Waals surface area contributed by atoms with Crippen LogP contribution in [-0.2, 0) is 0 Å². The molecule has 0 radical (unpaired) electrons. The molecule has 0 spiro atoms. The highest BCUT2D eigenvalue weighted by Crippen LogP contribution is 2.28. The van der Waals surface area contributed by atoms with E-state index in [1.54, 1.807) is 12.1 Å². The Labute approximate surface area is 96.7 Å². The first-order chi connectivity index (χ1) is 7.68. The van der Waals surface area contributed by atoms with Gasteiger partial charge in [0.15, 0.2) is 6.17 Å². The Bertz CT molecular complexity index is 485. The van der Waals surface area contributed by atoms with Gasteiger partial charge in [0.05, 0.1) is 6.20 Å². The molecule has 1 heterocycles. The van der Waals surface area contributed by atoms with Crippen molar-refractivity contribution in [2.75, 3.05) is 0 Å². The fraction of sp³-hybridized carbons (Fsp3) is 0.0833. The van der Waals surface area contributed by atoms with Crippen molar-refractivity contribution in [2.24, 2.45) is 0 Å². The summed E-state index contributed by atoms with van der Waals surface area (Å²) in [6.45, 7) is 0. The van der Waals surface area contributed by atoms with E-state index in [-0.39, 0.29) is 5.56 Å². The van der Waals surface area contributed by atoms with Gasteiger partial charge < -0.3 is 0 Å². The van der Waals surface area contributed by atoms with Gasteiger partial charge in [-0.1, -0.05) is 23.7 Å². The summed E-state index contributed by atoms with van der Waals surface area (Å²) in [5.41, 5.74) is 0.354. The highest BCUT2D eigenvalue weighted by Gasteiger charge is 2.16. The van der Waals surface area contributed by atoms with E-state index in [2.05, 4.69) is 4.98 Å². The van der Waals surface area contributed by atoms with Gasteiger partial charge in [-0.3, -0.25) is 4.98 Å². The number of hydrogen-bond acceptors (Lipinski definition) is 1. The maximum atomic E-state index is 13.9. The molecule has 0 amide bonds. The van der Waals surface area contributed by atoms with Crippen LogP contribution in [0.25, 0.3) is 0 Å². The summed E-state index contributed by atoms with van der Waals surface area (Å²) in [5.74, 6) is -0.648. The maximum Gasteiger partial charge on any atom is 0.153 e. The highest BCUT2D eigenvalue weighted by atomic mass is 35.5. The molecule has 0 saturated carbocycles. The van der Waals surface area contributed by atoms with Crippen molar-refractivity contribution in [2.45, 2.75) is 6.17 Å². The van der Waals surface area contributed by atoms with Gasteiger partial charge in [-0.15, -0.1) is 0 Å². The summed E-state index contributed by atoms with van der Waals surface area (Å²) in [6.07, 6.45) is 0.860. The molecule has 0 aliphatic rings. The second-order valence-electron chi connectivity index (χ2n) is 3.31. The molecule has 2 aromatic rings. The van der Waals surface area contributed by atoms with E-state index in [1.165, 1.54) is 24.4 Å². The molecule has 0 N–H and O–H groups in total. The van der Waals surface area contributed by atoms with Crippen LogP contribution in [0.2, 0.25) is 5.02 Å². The SMILES string of the molecule is Fc1cnccc1C(F)c1ccc(Cl)cc1. The van der Waals surface area contributed by atoms with Crippen molar-refractivity contribution < 1.29 is 8.78 Å². The number of hydrogen-bond donors (Lipinski definition) is 0. The number of aromatic nitrogens is 1. The minimum Gasteiger partial charge on any atom is -0.262 e. The molecular weight excluding hydrogens is 232 g/mol. The van der Waals surface area contributed by atoms with Crippen molar-refractivity contribution in [3.63, 3.8) is 0 Å². The smallest absolute Gasteiger partial charge is 0.153 e. The molecule has 2 rings (SSSR count). The monoisotopic (exact) mass is 239 g/mol. The number of rotatable bonds is 2. The molecule has 1 aromatic carbocycles. The lowest BCUT2D eigenvalue weighted by Gasteiger charge is -2.09. The summed E-state index contributed by atoms with van der Waals surface area (Å²) >= 11 is 5.69. The fourth-order valence-corrected chi connectivity index (χ4v) is 1.53. The van der Waals surface area contributed by atoms with E-state index < -0.39 is 12.0 Å². The minimum atomic E-state index is -1.50. The largest absolute Gasteiger partial charge is 0.262 e. The van der Waals surface area contributed by atoms with Crippen LogP contribution in [0.3, 0.4) is 0 Å². The van der Waals surface area contributed by atoms with Gasteiger partial charge in [0.1, 0.15) is 5.82 Å². The van der Waals surface area contributed by atoms with E-state index in [4.69, 9.17) is 11.6 Å². The van der Waals surface area contributed by atoms with Crippen LogP contribution >= 0.6 is 11.6 Å². The molecule has 82 valence electrons. The lowest BCUT2D eigenvalue weighted by molar-refractivity contribution is 0.387. The molecule has 0 aliphatic heterocycles. The van der Waals surface area contributed by atoms with Crippen LogP contribution in [0.4, 0.5) is 8.78 Å². The molecule has 0 fully saturated rings. The van der Waals surface area contributed by atoms with Gasteiger partial charge in [-0.05, 0) is 23.8 Å². The van der Waals surface area contributed by atoms with Crippen LogP contribution < -0.4 is 0 Å². The summed E-state index contributed by atoms with van der Waals surface area (Å²) < 4.78 is 27.2. The quantitative estimate of drug-likeness (QED) is 0.774. The Morgan fingerprint density at radius 2 is 1.81 bits per heavy atom. The number of halogens is 3.